The van der Waals surface area contributed by atoms with Crippen LogP contribution in [0.4, 0.5) is 0 Å². The summed E-state index contributed by atoms with van der Waals surface area (Å²) in [6.07, 6.45) is 0. The highest BCUT2D eigenvalue weighted by Crippen LogP contribution is 2.03. The first-order valence-corrected chi connectivity index (χ1v) is 3.40. The fraction of sp³-hybridized carbons (Fsp3) is 0. The Morgan fingerprint density at radius 3 is 1.55 bits per heavy atom. The first kappa shape index (κ1) is 13.6. The van der Waals surface area contributed by atoms with E-state index in [1.165, 1.54) is 0 Å². The Morgan fingerprint density at radius 1 is 1.00 bits per heavy atom. The van der Waals surface area contributed by atoms with Crippen LogP contribution in [0.2, 0.25) is 5.02 Å². The van der Waals surface area contributed by atoms with E-state index < -0.39 is 0 Å². The van der Waals surface area contributed by atoms with Crippen molar-refractivity contribution in [1.82, 2.24) is 6.15 Å². The molecule has 0 aromatic heterocycles. The van der Waals surface area contributed by atoms with Gasteiger partial charge in [-0.25, -0.2) is 0 Å². The number of rotatable bonds is 0. The van der Waals surface area contributed by atoms with Crippen molar-refractivity contribution in [2.24, 2.45) is 0 Å². The normalized spacial score (nSPS) is 7.18. The summed E-state index contributed by atoms with van der Waals surface area (Å²) >= 11 is 14.1. The van der Waals surface area contributed by atoms with Crippen molar-refractivity contribution >= 4 is 35.3 Å². The van der Waals surface area contributed by atoms with Crippen molar-refractivity contribution in [2.45, 2.75) is 0 Å². The number of hydrogen-bond donors (Lipinski definition) is 1. The maximum absolute atomic E-state index is 5.54. The Morgan fingerprint density at radius 2 is 1.36 bits per heavy atom. The molecule has 11 heavy (non-hydrogen) atoms. The molecule has 0 atom stereocenters. The molecule has 0 spiro atoms. The van der Waals surface area contributed by atoms with Gasteiger partial charge < -0.3 is 6.15 Å². The standard InChI is InChI=1S/C6H5Cl.Cl2O.H3N/c7-6-4-2-1-3-5-6;1-3-2;/h1-5H;;1H3. The second-order valence-corrected chi connectivity index (χ2v) is 2.26. The Kier molecular flexibility index (Phi) is 12.4. The molecule has 0 saturated carbocycles. The van der Waals surface area contributed by atoms with E-state index in [1.54, 1.807) is 0 Å². The molecule has 2 nitrogen and oxygen atoms in total. The Labute approximate surface area is 80.9 Å². The lowest BCUT2D eigenvalue weighted by Crippen LogP contribution is -1.55. The molecule has 0 aliphatic heterocycles. The van der Waals surface area contributed by atoms with E-state index in [2.05, 4.69) is 27.6 Å². The third kappa shape index (κ3) is 10.0. The van der Waals surface area contributed by atoms with Crippen LogP contribution in [0.3, 0.4) is 0 Å². The maximum atomic E-state index is 5.54. The SMILES string of the molecule is ClOCl.Clc1ccccc1.N. The topological polar surface area (TPSA) is 44.2 Å². The van der Waals surface area contributed by atoms with Gasteiger partial charge in [0.2, 0.25) is 0 Å². The predicted molar refractivity (Wildman–Crippen MR) is 49.3 cm³/mol. The lowest BCUT2D eigenvalue weighted by molar-refractivity contribution is 0.697. The van der Waals surface area contributed by atoms with Gasteiger partial charge in [0.05, 0.1) is 23.7 Å². The third-order valence-electron chi connectivity index (χ3n) is 0.733. The van der Waals surface area contributed by atoms with Gasteiger partial charge in [0, 0.05) is 5.02 Å². The van der Waals surface area contributed by atoms with Crippen LogP contribution in [0.15, 0.2) is 30.3 Å². The van der Waals surface area contributed by atoms with E-state index >= 15 is 0 Å². The quantitative estimate of drug-likeness (QED) is 0.717. The molecule has 64 valence electrons. The summed E-state index contributed by atoms with van der Waals surface area (Å²) in [4.78, 5) is 0. The van der Waals surface area contributed by atoms with E-state index in [9.17, 15) is 0 Å². The van der Waals surface area contributed by atoms with Gasteiger partial charge in [0.1, 0.15) is 0 Å². The summed E-state index contributed by atoms with van der Waals surface area (Å²) in [5, 5.41) is 0.794. The van der Waals surface area contributed by atoms with Gasteiger partial charge in [0.15, 0.2) is 0 Å². The molecule has 3 N–H and O–H groups in total. The third-order valence-corrected chi connectivity index (χ3v) is 0.985. The molecule has 5 heteroatoms. The zero-order valence-corrected chi connectivity index (χ0v) is 7.90. The number of benzene rings is 1. The van der Waals surface area contributed by atoms with Gasteiger partial charge in [-0.15, -0.1) is 0 Å². The van der Waals surface area contributed by atoms with Crippen molar-refractivity contribution in [2.75, 3.05) is 0 Å². The van der Waals surface area contributed by atoms with Crippen LogP contribution in [0.1, 0.15) is 0 Å². The monoisotopic (exact) mass is 215 g/mol. The lowest BCUT2D eigenvalue weighted by atomic mass is 10.4. The summed E-state index contributed by atoms with van der Waals surface area (Å²) in [5.74, 6) is 0. The molecule has 1 aromatic carbocycles. The van der Waals surface area contributed by atoms with Gasteiger partial charge in [-0.2, -0.15) is 3.84 Å². The smallest absolute Gasteiger partial charge is 0.0832 e. The van der Waals surface area contributed by atoms with Crippen LogP contribution < -0.4 is 6.15 Å². The second-order valence-electron chi connectivity index (χ2n) is 1.35. The van der Waals surface area contributed by atoms with E-state index in [4.69, 9.17) is 11.6 Å². The van der Waals surface area contributed by atoms with Crippen LogP contribution >= 0.6 is 35.3 Å². The highest BCUT2D eigenvalue weighted by atomic mass is 35.6. The van der Waals surface area contributed by atoms with Crippen LogP contribution in [0.5, 0.6) is 0 Å². The molecule has 0 aliphatic rings. The molecule has 0 aliphatic carbocycles. The minimum Gasteiger partial charge on any atom is -0.344 e. The van der Waals surface area contributed by atoms with Crippen molar-refractivity contribution in [3.63, 3.8) is 0 Å². The zero-order chi connectivity index (χ0) is 7.82. The Balaban J connectivity index is 0. The van der Waals surface area contributed by atoms with Crippen molar-refractivity contribution < 1.29 is 3.84 Å². The molecule has 1 rings (SSSR count). The molecular weight excluding hydrogens is 208 g/mol. The minimum atomic E-state index is 0. The molecule has 0 bridgehead atoms. The molecule has 1 aromatic rings. The molecule has 0 radical (unpaired) electrons. The van der Waals surface area contributed by atoms with Gasteiger partial charge in [0.25, 0.3) is 0 Å². The van der Waals surface area contributed by atoms with Crippen molar-refractivity contribution in [3.05, 3.63) is 35.4 Å². The van der Waals surface area contributed by atoms with E-state index in [-0.39, 0.29) is 6.15 Å². The lowest BCUT2D eigenvalue weighted by Gasteiger charge is -1.80. The van der Waals surface area contributed by atoms with Crippen molar-refractivity contribution in [1.29, 1.82) is 0 Å². The van der Waals surface area contributed by atoms with Gasteiger partial charge in [-0.1, -0.05) is 29.8 Å². The predicted octanol–water partition coefficient (Wildman–Crippen LogP) is 3.81. The van der Waals surface area contributed by atoms with E-state index in [1.807, 2.05) is 30.3 Å². The van der Waals surface area contributed by atoms with E-state index in [0.29, 0.717) is 0 Å². The van der Waals surface area contributed by atoms with Crippen molar-refractivity contribution in [3.8, 4) is 0 Å². The Bertz CT molecular complexity index is 159. The first-order valence-electron chi connectivity index (χ1n) is 2.41. The molecule has 0 heterocycles. The van der Waals surface area contributed by atoms with Crippen LogP contribution in [0, 0.1) is 0 Å². The largest absolute Gasteiger partial charge is 0.344 e. The minimum absolute atomic E-state index is 0. The maximum Gasteiger partial charge on any atom is 0.0832 e. The fourth-order valence-corrected chi connectivity index (χ4v) is 0.560. The second kappa shape index (κ2) is 10.0. The summed E-state index contributed by atoms with van der Waals surface area (Å²) in [6.45, 7) is 0. The number of hydrogen-bond acceptors (Lipinski definition) is 2. The molecule has 0 fully saturated rings. The molecular formula is C6H8Cl3NO. The fourth-order valence-electron chi connectivity index (χ4n) is 0.415. The summed E-state index contributed by atoms with van der Waals surface area (Å²) in [7, 11) is 0. The van der Waals surface area contributed by atoms with Crippen LogP contribution in [0.25, 0.3) is 0 Å². The highest BCUT2D eigenvalue weighted by Gasteiger charge is 1.74. The molecule has 0 unspecified atom stereocenters. The van der Waals surface area contributed by atoms with E-state index in [0.717, 1.165) is 5.02 Å². The average Bonchev–Trinajstić information content (AvgIpc) is 1.91. The Hall–Kier alpha value is 0.01000. The van der Waals surface area contributed by atoms with Crippen LogP contribution in [-0.4, -0.2) is 0 Å². The summed E-state index contributed by atoms with van der Waals surface area (Å²) in [5.41, 5.74) is 0. The summed E-state index contributed by atoms with van der Waals surface area (Å²) in [6, 6.07) is 9.44. The number of halogens is 3. The van der Waals surface area contributed by atoms with Gasteiger partial charge >= 0.3 is 0 Å². The average molecular weight is 216 g/mol. The zero-order valence-electron chi connectivity index (χ0n) is 5.64. The first-order chi connectivity index (χ1) is 4.81. The van der Waals surface area contributed by atoms with Gasteiger partial charge in [-0.3, -0.25) is 0 Å². The summed E-state index contributed by atoms with van der Waals surface area (Å²) < 4.78 is 3.19. The molecule has 0 amide bonds. The highest BCUT2D eigenvalue weighted by molar-refractivity contribution is 6.30. The van der Waals surface area contributed by atoms with Gasteiger partial charge in [-0.05, 0) is 12.1 Å². The van der Waals surface area contributed by atoms with Crippen LogP contribution in [-0.2, 0) is 3.84 Å². The molecule has 0 saturated heterocycles.